The standard InChI is InChI=1S/C16H16N4/c1-20-16(14-9-5-6-12(10-14)11-17)18-15(19-20)13-7-3-2-4-8-13/h2-10H,11,17H2,1H3. The molecule has 0 atom stereocenters. The molecule has 4 nitrogen and oxygen atoms in total. The van der Waals surface area contributed by atoms with Gasteiger partial charge in [0, 0.05) is 24.7 Å². The molecule has 0 aliphatic carbocycles. The third-order valence-corrected chi connectivity index (χ3v) is 3.22. The summed E-state index contributed by atoms with van der Waals surface area (Å²) in [5, 5.41) is 4.49. The van der Waals surface area contributed by atoms with Gasteiger partial charge in [-0.05, 0) is 11.6 Å². The van der Waals surface area contributed by atoms with E-state index < -0.39 is 0 Å². The van der Waals surface area contributed by atoms with E-state index in [1.165, 1.54) is 0 Å². The molecule has 3 aromatic rings. The topological polar surface area (TPSA) is 56.7 Å². The van der Waals surface area contributed by atoms with Crippen molar-refractivity contribution in [2.75, 3.05) is 0 Å². The van der Waals surface area contributed by atoms with E-state index in [0.29, 0.717) is 6.54 Å². The van der Waals surface area contributed by atoms with Crippen LogP contribution in [-0.2, 0) is 13.6 Å². The summed E-state index contributed by atoms with van der Waals surface area (Å²) in [6.45, 7) is 0.525. The van der Waals surface area contributed by atoms with E-state index in [1.54, 1.807) is 4.68 Å². The van der Waals surface area contributed by atoms with Crippen molar-refractivity contribution < 1.29 is 0 Å². The summed E-state index contributed by atoms with van der Waals surface area (Å²) in [4.78, 5) is 4.64. The molecule has 0 amide bonds. The largest absolute Gasteiger partial charge is 0.326 e. The summed E-state index contributed by atoms with van der Waals surface area (Å²) >= 11 is 0. The van der Waals surface area contributed by atoms with E-state index in [-0.39, 0.29) is 0 Å². The molecule has 1 aromatic heterocycles. The lowest BCUT2D eigenvalue weighted by Gasteiger charge is -2.02. The molecule has 2 aromatic carbocycles. The highest BCUT2D eigenvalue weighted by atomic mass is 15.3. The van der Waals surface area contributed by atoms with Crippen molar-refractivity contribution in [1.29, 1.82) is 0 Å². The highest BCUT2D eigenvalue weighted by Crippen LogP contribution is 2.22. The Bertz CT molecular complexity index is 716. The van der Waals surface area contributed by atoms with Crippen LogP contribution in [0.1, 0.15) is 5.56 Å². The summed E-state index contributed by atoms with van der Waals surface area (Å²) < 4.78 is 1.80. The molecule has 20 heavy (non-hydrogen) atoms. The Kier molecular flexibility index (Phi) is 3.31. The van der Waals surface area contributed by atoms with Gasteiger partial charge in [0.15, 0.2) is 11.6 Å². The third-order valence-electron chi connectivity index (χ3n) is 3.22. The van der Waals surface area contributed by atoms with Crippen molar-refractivity contribution in [3.8, 4) is 22.8 Å². The van der Waals surface area contributed by atoms with Crippen LogP contribution in [0.15, 0.2) is 54.6 Å². The SMILES string of the molecule is Cn1nc(-c2ccccc2)nc1-c1cccc(CN)c1. The van der Waals surface area contributed by atoms with Crippen LogP contribution in [0.3, 0.4) is 0 Å². The molecule has 0 saturated carbocycles. The third kappa shape index (κ3) is 2.33. The molecule has 0 radical (unpaired) electrons. The number of nitrogens with two attached hydrogens (primary N) is 1. The maximum atomic E-state index is 5.69. The zero-order valence-electron chi connectivity index (χ0n) is 11.3. The summed E-state index contributed by atoms with van der Waals surface area (Å²) in [6, 6.07) is 18.1. The highest BCUT2D eigenvalue weighted by molar-refractivity contribution is 5.62. The van der Waals surface area contributed by atoms with Crippen molar-refractivity contribution in [3.63, 3.8) is 0 Å². The fourth-order valence-electron chi connectivity index (χ4n) is 2.18. The minimum absolute atomic E-state index is 0.525. The zero-order chi connectivity index (χ0) is 13.9. The molecule has 1 heterocycles. The van der Waals surface area contributed by atoms with Gasteiger partial charge >= 0.3 is 0 Å². The molecule has 0 unspecified atom stereocenters. The molecule has 4 heteroatoms. The first-order valence-corrected chi connectivity index (χ1v) is 6.54. The smallest absolute Gasteiger partial charge is 0.181 e. The van der Waals surface area contributed by atoms with Crippen molar-refractivity contribution >= 4 is 0 Å². The van der Waals surface area contributed by atoms with Crippen molar-refractivity contribution in [1.82, 2.24) is 14.8 Å². The summed E-state index contributed by atoms with van der Waals surface area (Å²) in [5.41, 5.74) is 8.83. The molecule has 0 aliphatic rings. The summed E-state index contributed by atoms with van der Waals surface area (Å²) in [5.74, 6) is 1.58. The second-order valence-corrected chi connectivity index (χ2v) is 4.65. The van der Waals surface area contributed by atoms with Gasteiger partial charge in [0.25, 0.3) is 0 Å². The van der Waals surface area contributed by atoms with Crippen LogP contribution in [0, 0.1) is 0 Å². The lowest BCUT2D eigenvalue weighted by atomic mass is 10.1. The van der Waals surface area contributed by atoms with Gasteiger partial charge in [0.2, 0.25) is 0 Å². The minimum Gasteiger partial charge on any atom is -0.326 e. The Balaban J connectivity index is 2.05. The fourth-order valence-corrected chi connectivity index (χ4v) is 2.18. The van der Waals surface area contributed by atoms with Gasteiger partial charge in [0.1, 0.15) is 0 Å². The molecular formula is C16H16N4. The minimum atomic E-state index is 0.525. The molecule has 100 valence electrons. The van der Waals surface area contributed by atoms with E-state index in [2.05, 4.69) is 16.1 Å². The van der Waals surface area contributed by atoms with Crippen LogP contribution in [-0.4, -0.2) is 14.8 Å². The molecule has 0 fully saturated rings. The van der Waals surface area contributed by atoms with Crippen LogP contribution in [0.2, 0.25) is 0 Å². The first-order valence-electron chi connectivity index (χ1n) is 6.54. The number of benzene rings is 2. The predicted molar refractivity (Wildman–Crippen MR) is 79.8 cm³/mol. The van der Waals surface area contributed by atoms with E-state index in [0.717, 1.165) is 28.3 Å². The molecule has 0 saturated heterocycles. The highest BCUT2D eigenvalue weighted by Gasteiger charge is 2.10. The molecular weight excluding hydrogens is 248 g/mol. The van der Waals surface area contributed by atoms with Gasteiger partial charge in [-0.1, -0.05) is 48.5 Å². The quantitative estimate of drug-likeness (QED) is 0.791. The fraction of sp³-hybridized carbons (Fsp3) is 0.125. The molecule has 0 bridgehead atoms. The van der Waals surface area contributed by atoms with Gasteiger partial charge in [-0.2, -0.15) is 5.10 Å². The Morgan fingerprint density at radius 3 is 2.50 bits per heavy atom. The van der Waals surface area contributed by atoms with Crippen molar-refractivity contribution in [2.24, 2.45) is 12.8 Å². The molecule has 0 spiro atoms. The Morgan fingerprint density at radius 1 is 1.00 bits per heavy atom. The zero-order valence-corrected chi connectivity index (χ0v) is 11.3. The monoisotopic (exact) mass is 264 g/mol. The van der Waals surface area contributed by atoms with Crippen LogP contribution in [0.25, 0.3) is 22.8 Å². The predicted octanol–water partition coefficient (Wildman–Crippen LogP) is 2.61. The van der Waals surface area contributed by atoms with E-state index in [9.17, 15) is 0 Å². The van der Waals surface area contributed by atoms with Crippen molar-refractivity contribution in [3.05, 3.63) is 60.2 Å². The lowest BCUT2D eigenvalue weighted by molar-refractivity contribution is 0.777. The van der Waals surface area contributed by atoms with Crippen LogP contribution in [0.5, 0.6) is 0 Å². The van der Waals surface area contributed by atoms with Gasteiger partial charge in [-0.25, -0.2) is 9.67 Å². The molecule has 0 aliphatic heterocycles. The average molecular weight is 264 g/mol. The first kappa shape index (κ1) is 12.6. The number of hydrogen-bond donors (Lipinski definition) is 1. The van der Waals surface area contributed by atoms with Crippen LogP contribution >= 0.6 is 0 Å². The van der Waals surface area contributed by atoms with E-state index >= 15 is 0 Å². The second-order valence-electron chi connectivity index (χ2n) is 4.65. The Hall–Kier alpha value is -2.46. The number of nitrogens with zero attached hydrogens (tertiary/aromatic N) is 3. The molecule has 2 N–H and O–H groups in total. The Labute approximate surface area is 117 Å². The average Bonchev–Trinajstić information content (AvgIpc) is 2.90. The summed E-state index contributed by atoms with van der Waals surface area (Å²) in [7, 11) is 1.91. The Morgan fingerprint density at radius 2 is 1.75 bits per heavy atom. The first-order chi connectivity index (χ1) is 9.78. The normalized spacial score (nSPS) is 10.7. The van der Waals surface area contributed by atoms with E-state index in [4.69, 9.17) is 5.73 Å². The second kappa shape index (κ2) is 5.27. The maximum Gasteiger partial charge on any atom is 0.181 e. The van der Waals surface area contributed by atoms with Crippen LogP contribution in [0.4, 0.5) is 0 Å². The van der Waals surface area contributed by atoms with Crippen molar-refractivity contribution in [2.45, 2.75) is 6.54 Å². The number of aromatic nitrogens is 3. The number of hydrogen-bond acceptors (Lipinski definition) is 3. The maximum absolute atomic E-state index is 5.69. The number of aryl methyl sites for hydroxylation is 1. The lowest BCUT2D eigenvalue weighted by Crippen LogP contribution is -1.98. The number of rotatable bonds is 3. The van der Waals surface area contributed by atoms with Gasteiger partial charge in [0.05, 0.1) is 0 Å². The summed E-state index contributed by atoms with van der Waals surface area (Å²) in [6.07, 6.45) is 0. The van der Waals surface area contributed by atoms with E-state index in [1.807, 2.05) is 55.6 Å². The van der Waals surface area contributed by atoms with Gasteiger partial charge in [-0.15, -0.1) is 0 Å². The van der Waals surface area contributed by atoms with Gasteiger partial charge in [-0.3, -0.25) is 0 Å². The van der Waals surface area contributed by atoms with Crippen LogP contribution < -0.4 is 5.73 Å². The van der Waals surface area contributed by atoms with Gasteiger partial charge < -0.3 is 5.73 Å². The molecule has 3 rings (SSSR count).